The van der Waals surface area contributed by atoms with Crippen LogP contribution in [0.15, 0.2) is 52.4 Å². The Balaban J connectivity index is 2.29. The van der Waals surface area contributed by atoms with Crippen LogP contribution in [0.5, 0.6) is 0 Å². The van der Waals surface area contributed by atoms with Crippen molar-refractivity contribution in [1.82, 2.24) is 0 Å². The lowest BCUT2D eigenvalue weighted by Crippen LogP contribution is -2.15. The molecule has 2 aromatic rings. The quantitative estimate of drug-likeness (QED) is 0.141. The van der Waals surface area contributed by atoms with Gasteiger partial charge in [-0.15, -0.1) is 0 Å². The lowest BCUT2D eigenvalue weighted by Gasteiger charge is -2.07. The minimum atomic E-state index is -0.484. The summed E-state index contributed by atoms with van der Waals surface area (Å²) < 4.78 is 0. The van der Waals surface area contributed by atoms with Crippen molar-refractivity contribution in [2.45, 2.75) is 6.92 Å². The standard InChI is InChI=1S/C16H16IN6O2P/c1-10(20-13-5-6-15(22-26-17)12(7-13)9-18)21-16(19)11-3-2-4-14(8-11)23(24)25/h2-9,18,22,26H,1H3,(H2,19,20,21). The molecule has 0 aliphatic rings. The van der Waals surface area contributed by atoms with Crippen molar-refractivity contribution >= 4 is 63.4 Å². The van der Waals surface area contributed by atoms with Gasteiger partial charge in [-0.05, 0) is 47.2 Å². The SMILES string of the molecule is CC(=Nc1ccc(NPI)c(C=N)c1)N=C(N)c1cccc([N+](=O)[O-])c1. The van der Waals surface area contributed by atoms with Crippen LogP contribution in [-0.4, -0.2) is 22.8 Å². The van der Waals surface area contributed by atoms with Gasteiger partial charge < -0.3 is 16.2 Å². The summed E-state index contributed by atoms with van der Waals surface area (Å²) in [5, 5.41) is 21.5. The van der Waals surface area contributed by atoms with E-state index < -0.39 is 4.92 Å². The Kier molecular flexibility index (Phi) is 7.16. The molecule has 0 fully saturated rings. The number of nitrogens with one attached hydrogen (secondary N) is 2. The van der Waals surface area contributed by atoms with E-state index in [1.54, 1.807) is 25.1 Å². The van der Waals surface area contributed by atoms with E-state index in [1.165, 1.54) is 18.3 Å². The number of amidine groups is 2. The normalized spacial score (nSPS) is 12.4. The van der Waals surface area contributed by atoms with Crippen molar-refractivity contribution in [2.75, 3.05) is 5.09 Å². The van der Waals surface area contributed by atoms with E-state index in [1.807, 2.05) is 12.1 Å². The van der Waals surface area contributed by atoms with Crippen molar-refractivity contribution in [2.24, 2.45) is 15.7 Å². The average Bonchev–Trinajstić information content (AvgIpc) is 2.63. The molecule has 0 heterocycles. The van der Waals surface area contributed by atoms with E-state index in [0.29, 0.717) is 23.5 Å². The zero-order chi connectivity index (χ0) is 19.1. The first-order chi connectivity index (χ1) is 12.4. The van der Waals surface area contributed by atoms with E-state index in [4.69, 9.17) is 11.1 Å². The Morgan fingerprint density at radius 2 is 2.15 bits per heavy atom. The van der Waals surface area contributed by atoms with Crippen molar-refractivity contribution in [3.05, 3.63) is 63.7 Å². The Morgan fingerprint density at radius 1 is 1.38 bits per heavy atom. The lowest BCUT2D eigenvalue weighted by molar-refractivity contribution is -0.384. The highest BCUT2D eigenvalue weighted by atomic mass is 127. The molecule has 0 bridgehead atoms. The summed E-state index contributed by atoms with van der Waals surface area (Å²) in [6, 6.07) is 11.4. The largest absolute Gasteiger partial charge is 0.383 e. The van der Waals surface area contributed by atoms with Gasteiger partial charge in [-0.2, -0.15) is 0 Å². The van der Waals surface area contributed by atoms with Gasteiger partial charge >= 0.3 is 0 Å². The van der Waals surface area contributed by atoms with Crippen LogP contribution in [0, 0.1) is 15.5 Å². The van der Waals surface area contributed by atoms with E-state index in [0.717, 1.165) is 11.3 Å². The van der Waals surface area contributed by atoms with E-state index in [9.17, 15) is 10.1 Å². The van der Waals surface area contributed by atoms with Gasteiger partial charge in [0, 0.05) is 41.5 Å². The molecule has 26 heavy (non-hydrogen) atoms. The number of nitrogens with two attached hydrogens (primary N) is 1. The van der Waals surface area contributed by atoms with E-state index in [2.05, 4.69) is 37.1 Å². The Hall–Kier alpha value is -2.39. The second-order valence-electron chi connectivity index (χ2n) is 5.10. The molecule has 8 nitrogen and oxygen atoms in total. The molecule has 0 aliphatic carbocycles. The van der Waals surface area contributed by atoms with Crippen LogP contribution in [0.2, 0.25) is 0 Å². The molecule has 1 unspecified atom stereocenters. The number of benzene rings is 2. The molecule has 4 N–H and O–H groups in total. The number of halogens is 1. The Labute approximate surface area is 165 Å². The number of nitro benzene ring substituents is 1. The number of non-ortho nitro benzene ring substituents is 1. The maximum absolute atomic E-state index is 10.9. The van der Waals surface area contributed by atoms with Crippen LogP contribution < -0.4 is 10.8 Å². The molecule has 0 amide bonds. The fourth-order valence-corrected chi connectivity index (χ4v) is 3.33. The van der Waals surface area contributed by atoms with Crippen LogP contribution >= 0.6 is 28.4 Å². The van der Waals surface area contributed by atoms with Crippen LogP contribution in [-0.2, 0) is 0 Å². The third-order valence-electron chi connectivity index (χ3n) is 3.30. The highest BCUT2D eigenvalue weighted by molar-refractivity contribution is 14.2. The van der Waals surface area contributed by atoms with Gasteiger partial charge in [0.2, 0.25) is 0 Å². The van der Waals surface area contributed by atoms with Gasteiger partial charge in [-0.3, -0.25) is 10.1 Å². The third kappa shape index (κ3) is 5.30. The molecule has 0 saturated heterocycles. The number of nitrogens with zero attached hydrogens (tertiary/aromatic N) is 3. The van der Waals surface area contributed by atoms with Crippen LogP contribution in [0.25, 0.3) is 0 Å². The van der Waals surface area contributed by atoms with Crippen molar-refractivity contribution in [1.29, 1.82) is 5.41 Å². The smallest absolute Gasteiger partial charge is 0.270 e. The van der Waals surface area contributed by atoms with Crippen molar-refractivity contribution in [3.8, 4) is 0 Å². The lowest BCUT2D eigenvalue weighted by atomic mass is 10.2. The van der Waals surface area contributed by atoms with Crippen LogP contribution in [0.4, 0.5) is 17.1 Å². The molecule has 134 valence electrons. The Morgan fingerprint density at radius 3 is 2.81 bits per heavy atom. The molecule has 2 rings (SSSR count). The maximum Gasteiger partial charge on any atom is 0.270 e. The fourth-order valence-electron chi connectivity index (χ4n) is 2.13. The topological polar surface area (TPSA) is 130 Å². The molecular formula is C16H16IN6O2P. The van der Waals surface area contributed by atoms with Gasteiger partial charge in [0.15, 0.2) is 0 Å². The molecule has 10 heteroatoms. The minimum Gasteiger partial charge on any atom is -0.383 e. The zero-order valence-electron chi connectivity index (χ0n) is 13.7. The van der Waals surface area contributed by atoms with Gasteiger partial charge in [-0.1, -0.05) is 12.1 Å². The molecule has 0 spiro atoms. The number of hydrogen-bond acceptors (Lipinski definition) is 5. The number of anilines is 1. The molecule has 0 aromatic heterocycles. The highest BCUT2D eigenvalue weighted by Crippen LogP contribution is 2.28. The molecular weight excluding hydrogens is 466 g/mol. The molecule has 2 aromatic carbocycles. The maximum atomic E-state index is 10.9. The second kappa shape index (κ2) is 9.35. The Bertz CT molecular complexity index is 900. The summed E-state index contributed by atoms with van der Waals surface area (Å²) in [4.78, 5) is 19.0. The number of nitro groups is 1. The van der Waals surface area contributed by atoms with Crippen molar-refractivity contribution < 1.29 is 4.92 Å². The zero-order valence-corrected chi connectivity index (χ0v) is 16.9. The summed E-state index contributed by atoms with van der Waals surface area (Å²) in [6.45, 7) is 1.69. The monoisotopic (exact) mass is 482 g/mol. The number of aliphatic imine (C=N–C) groups is 2. The van der Waals surface area contributed by atoms with Gasteiger partial charge in [0.1, 0.15) is 11.7 Å². The summed E-state index contributed by atoms with van der Waals surface area (Å²) in [7, 11) is 0. The molecule has 1 atom stereocenters. The van der Waals surface area contributed by atoms with Gasteiger partial charge in [0.05, 0.1) is 10.6 Å². The summed E-state index contributed by atoms with van der Waals surface area (Å²) in [5.41, 5.74) is 8.57. The van der Waals surface area contributed by atoms with Gasteiger partial charge in [-0.25, -0.2) is 9.98 Å². The molecule has 0 radical (unpaired) electrons. The number of rotatable bonds is 6. The number of hydrogen-bond donors (Lipinski definition) is 3. The van der Waals surface area contributed by atoms with E-state index in [-0.39, 0.29) is 11.5 Å². The minimum absolute atomic E-state index is 0.0510. The third-order valence-corrected chi connectivity index (χ3v) is 4.47. The molecule has 0 aliphatic heterocycles. The van der Waals surface area contributed by atoms with E-state index >= 15 is 0 Å². The second-order valence-corrected chi connectivity index (χ2v) is 7.16. The van der Waals surface area contributed by atoms with Crippen LogP contribution in [0.3, 0.4) is 0 Å². The predicted molar refractivity (Wildman–Crippen MR) is 117 cm³/mol. The first kappa shape index (κ1) is 19.9. The summed E-state index contributed by atoms with van der Waals surface area (Å²) in [5.74, 6) is 0.549. The van der Waals surface area contributed by atoms with Gasteiger partial charge in [0.25, 0.3) is 5.69 Å². The first-order valence-corrected chi connectivity index (χ1v) is 11.5. The fraction of sp³-hybridized carbons (Fsp3) is 0.0625. The summed E-state index contributed by atoms with van der Waals surface area (Å²) in [6.07, 6.45) is 1.76. The predicted octanol–water partition coefficient (Wildman–Crippen LogP) is 4.40. The molecule has 0 saturated carbocycles. The van der Waals surface area contributed by atoms with Crippen LogP contribution in [0.1, 0.15) is 18.1 Å². The summed E-state index contributed by atoms with van der Waals surface area (Å²) >= 11 is 2.22. The van der Waals surface area contributed by atoms with Crippen molar-refractivity contribution in [3.63, 3.8) is 0 Å². The first-order valence-electron chi connectivity index (χ1n) is 7.35. The average molecular weight is 482 g/mol. The highest BCUT2D eigenvalue weighted by Gasteiger charge is 2.08.